The van der Waals surface area contributed by atoms with Crippen LogP contribution in [0.1, 0.15) is 12.0 Å². The number of aryl methyl sites for hydroxylation is 1. The molecule has 1 aliphatic heterocycles. The Morgan fingerprint density at radius 2 is 2.04 bits per heavy atom. The van der Waals surface area contributed by atoms with Crippen LogP contribution >= 0.6 is 0 Å². The van der Waals surface area contributed by atoms with Crippen LogP contribution in [0.15, 0.2) is 42.5 Å². The third kappa shape index (κ3) is 3.55. The van der Waals surface area contributed by atoms with Gasteiger partial charge in [-0.25, -0.2) is 0 Å². The predicted molar refractivity (Wildman–Crippen MR) is 95.2 cm³/mol. The van der Waals surface area contributed by atoms with E-state index in [4.69, 9.17) is 4.74 Å². The van der Waals surface area contributed by atoms with Crippen LogP contribution in [0.3, 0.4) is 0 Å². The molecule has 1 aliphatic rings. The van der Waals surface area contributed by atoms with Gasteiger partial charge in [-0.15, -0.1) is 0 Å². The van der Waals surface area contributed by atoms with Crippen molar-refractivity contribution in [2.45, 2.75) is 13.3 Å². The van der Waals surface area contributed by atoms with Crippen molar-refractivity contribution in [2.24, 2.45) is 0 Å². The van der Waals surface area contributed by atoms with E-state index in [0.29, 0.717) is 30.9 Å². The number of benzene rings is 2. The van der Waals surface area contributed by atoms with Gasteiger partial charge in [0.15, 0.2) is 6.61 Å². The van der Waals surface area contributed by atoms with Crippen molar-refractivity contribution in [2.75, 3.05) is 29.9 Å². The van der Waals surface area contributed by atoms with Gasteiger partial charge in [-0.1, -0.05) is 24.3 Å². The smallest absolute Gasteiger partial charge is 0.292 e. The lowest BCUT2D eigenvalue weighted by molar-refractivity contribution is -0.384. The molecule has 130 valence electrons. The first kappa shape index (κ1) is 16.8. The molecule has 7 heteroatoms. The number of nitro groups is 1. The molecule has 0 radical (unpaired) electrons. The zero-order valence-corrected chi connectivity index (χ0v) is 13.9. The summed E-state index contributed by atoms with van der Waals surface area (Å²) in [4.78, 5) is 24.6. The molecule has 7 nitrogen and oxygen atoms in total. The van der Waals surface area contributed by atoms with Crippen LogP contribution in [0.2, 0.25) is 0 Å². The van der Waals surface area contributed by atoms with Crippen LogP contribution in [0, 0.1) is 17.0 Å². The lowest BCUT2D eigenvalue weighted by atomic mass is 10.1. The van der Waals surface area contributed by atoms with Crippen molar-refractivity contribution in [1.82, 2.24) is 0 Å². The minimum Gasteiger partial charge on any atom is -0.482 e. The fraction of sp³-hybridized carbons (Fsp3) is 0.278. The Labute approximate surface area is 145 Å². The Hall–Kier alpha value is -3.09. The molecule has 3 rings (SSSR count). The fourth-order valence-corrected chi connectivity index (χ4v) is 2.88. The molecule has 25 heavy (non-hydrogen) atoms. The second kappa shape index (κ2) is 7.21. The molecule has 1 N–H and O–H groups in total. The van der Waals surface area contributed by atoms with E-state index in [2.05, 4.69) is 5.32 Å². The minimum absolute atomic E-state index is 0.0354. The van der Waals surface area contributed by atoms with Gasteiger partial charge < -0.3 is 15.0 Å². The van der Waals surface area contributed by atoms with Gasteiger partial charge >= 0.3 is 0 Å². The molecule has 0 fully saturated rings. The van der Waals surface area contributed by atoms with Gasteiger partial charge in [-0.3, -0.25) is 14.9 Å². The lowest BCUT2D eigenvalue weighted by Crippen LogP contribution is -2.39. The normalized spacial score (nSPS) is 13.2. The summed E-state index contributed by atoms with van der Waals surface area (Å²) in [5, 5.41) is 14.3. The molecule has 0 spiro atoms. The first-order valence-electron chi connectivity index (χ1n) is 8.08. The van der Waals surface area contributed by atoms with Gasteiger partial charge in [0.25, 0.3) is 11.6 Å². The number of nitrogens with one attached hydrogen (secondary N) is 1. The number of para-hydroxylation sites is 3. The first-order valence-corrected chi connectivity index (χ1v) is 8.08. The molecule has 0 aromatic heterocycles. The van der Waals surface area contributed by atoms with Crippen LogP contribution in [-0.4, -0.2) is 30.5 Å². The molecule has 0 unspecified atom stereocenters. The van der Waals surface area contributed by atoms with E-state index >= 15 is 0 Å². The van der Waals surface area contributed by atoms with E-state index in [1.807, 2.05) is 37.3 Å². The maximum absolute atomic E-state index is 12.1. The Morgan fingerprint density at radius 1 is 1.24 bits per heavy atom. The minimum atomic E-state index is -0.392. The van der Waals surface area contributed by atoms with Crippen molar-refractivity contribution >= 4 is 23.0 Å². The monoisotopic (exact) mass is 341 g/mol. The van der Waals surface area contributed by atoms with Gasteiger partial charge in [-0.05, 0) is 31.0 Å². The average Bonchev–Trinajstić information content (AvgIpc) is 2.61. The quantitative estimate of drug-likeness (QED) is 0.496. The van der Waals surface area contributed by atoms with E-state index in [1.54, 1.807) is 11.0 Å². The third-order valence-corrected chi connectivity index (χ3v) is 4.12. The SMILES string of the molecule is Cc1cccc([N+](=O)[O-])c1NCCCN1C(=O)COc2ccccc21. The topological polar surface area (TPSA) is 84.7 Å². The van der Waals surface area contributed by atoms with Crippen molar-refractivity contribution < 1.29 is 14.5 Å². The third-order valence-electron chi connectivity index (χ3n) is 4.12. The molecular formula is C18H19N3O4. The van der Waals surface area contributed by atoms with E-state index in [1.165, 1.54) is 6.07 Å². The summed E-state index contributed by atoms with van der Waals surface area (Å²) < 4.78 is 5.42. The van der Waals surface area contributed by atoms with Crippen molar-refractivity contribution in [3.8, 4) is 5.75 Å². The number of nitro benzene ring substituents is 1. The summed E-state index contributed by atoms with van der Waals surface area (Å²) in [6.45, 7) is 2.91. The molecule has 0 atom stereocenters. The summed E-state index contributed by atoms with van der Waals surface area (Å²) in [7, 11) is 0. The summed E-state index contributed by atoms with van der Waals surface area (Å²) in [5.41, 5.74) is 2.18. The molecule has 1 amide bonds. The maximum Gasteiger partial charge on any atom is 0.292 e. The number of anilines is 2. The number of rotatable bonds is 6. The number of ether oxygens (including phenoxy) is 1. The number of amides is 1. The summed E-state index contributed by atoms with van der Waals surface area (Å²) in [5.74, 6) is 0.616. The summed E-state index contributed by atoms with van der Waals surface area (Å²) in [6.07, 6.45) is 0.658. The molecule has 0 bridgehead atoms. The van der Waals surface area contributed by atoms with Crippen LogP contribution < -0.4 is 15.0 Å². The highest BCUT2D eigenvalue weighted by atomic mass is 16.6. The molecule has 1 heterocycles. The van der Waals surface area contributed by atoms with E-state index in [0.717, 1.165) is 11.3 Å². The predicted octanol–water partition coefficient (Wildman–Crippen LogP) is 3.13. The molecule has 0 aliphatic carbocycles. The number of hydrogen-bond donors (Lipinski definition) is 1. The molecule has 0 saturated carbocycles. The number of fused-ring (bicyclic) bond motifs is 1. The van der Waals surface area contributed by atoms with Crippen LogP contribution in [-0.2, 0) is 4.79 Å². The Balaban J connectivity index is 1.63. The molecule has 2 aromatic carbocycles. The van der Waals surface area contributed by atoms with Crippen molar-refractivity contribution in [1.29, 1.82) is 0 Å². The standard InChI is InChI=1S/C18H19N3O4/c1-13-6-4-8-15(21(23)24)18(13)19-10-5-11-20-14-7-2-3-9-16(14)25-12-17(20)22/h2-4,6-9,19H,5,10-12H2,1H3. The van der Waals surface area contributed by atoms with E-state index in [-0.39, 0.29) is 18.2 Å². The Bertz CT molecular complexity index is 807. The van der Waals surface area contributed by atoms with Gasteiger partial charge in [0.1, 0.15) is 11.4 Å². The summed E-state index contributed by atoms with van der Waals surface area (Å²) in [6, 6.07) is 12.4. The summed E-state index contributed by atoms with van der Waals surface area (Å²) >= 11 is 0. The molecule has 2 aromatic rings. The zero-order valence-electron chi connectivity index (χ0n) is 13.9. The number of carbonyl (C=O) groups excluding carboxylic acids is 1. The lowest BCUT2D eigenvalue weighted by Gasteiger charge is -2.29. The largest absolute Gasteiger partial charge is 0.482 e. The van der Waals surface area contributed by atoms with Crippen LogP contribution in [0.5, 0.6) is 5.75 Å². The van der Waals surface area contributed by atoms with Gasteiger partial charge in [-0.2, -0.15) is 0 Å². The highest BCUT2D eigenvalue weighted by Gasteiger charge is 2.24. The molecule has 0 saturated heterocycles. The number of carbonyl (C=O) groups is 1. The Morgan fingerprint density at radius 3 is 2.84 bits per heavy atom. The van der Waals surface area contributed by atoms with Gasteiger partial charge in [0.05, 0.1) is 10.6 Å². The Kier molecular flexibility index (Phi) is 4.83. The fourth-order valence-electron chi connectivity index (χ4n) is 2.88. The highest BCUT2D eigenvalue weighted by Crippen LogP contribution is 2.31. The number of nitrogens with zero attached hydrogens (tertiary/aromatic N) is 2. The van der Waals surface area contributed by atoms with Crippen molar-refractivity contribution in [3.05, 3.63) is 58.1 Å². The second-order valence-corrected chi connectivity index (χ2v) is 5.81. The zero-order chi connectivity index (χ0) is 17.8. The van der Waals surface area contributed by atoms with Gasteiger partial charge in [0, 0.05) is 19.2 Å². The van der Waals surface area contributed by atoms with Gasteiger partial charge in [0.2, 0.25) is 0 Å². The highest BCUT2D eigenvalue weighted by molar-refractivity contribution is 5.97. The number of hydrogen-bond acceptors (Lipinski definition) is 5. The van der Waals surface area contributed by atoms with Crippen molar-refractivity contribution in [3.63, 3.8) is 0 Å². The molecular weight excluding hydrogens is 322 g/mol. The second-order valence-electron chi connectivity index (χ2n) is 5.81. The van der Waals surface area contributed by atoms with E-state index in [9.17, 15) is 14.9 Å². The van der Waals surface area contributed by atoms with E-state index < -0.39 is 4.92 Å². The average molecular weight is 341 g/mol. The first-order chi connectivity index (χ1) is 12.1. The van der Waals surface area contributed by atoms with Crippen LogP contribution in [0.4, 0.5) is 17.1 Å². The van der Waals surface area contributed by atoms with Crippen LogP contribution in [0.25, 0.3) is 0 Å². The maximum atomic E-state index is 12.1.